The van der Waals surface area contributed by atoms with Gasteiger partial charge in [-0.3, -0.25) is 9.59 Å². The van der Waals surface area contributed by atoms with Crippen LogP contribution in [0, 0.1) is 18.8 Å². The summed E-state index contributed by atoms with van der Waals surface area (Å²) in [6.07, 6.45) is -3.09. The average Bonchev–Trinajstić information content (AvgIpc) is 3.06. The lowest BCUT2D eigenvalue weighted by Gasteiger charge is -2.34. The van der Waals surface area contributed by atoms with Crippen molar-refractivity contribution in [2.45, 2.75) is 32.4 Å². The minimum atomic E-state index is -4.48. The van der Waals surface area contributed by atoms with Gasteiger partial charge in [0.2, 0.25) is 11.8 Å². The van der Waals surface area contributed by atoms with Crippen LogP contribution in [0.25, 0.3) is 0 Å². The van der Waals surface area contributed by atoms with Crippen LogP contribution in [0.2, 0.25) is 0 Å². The molecule has 31 heavy (non-hydrogen) atoms. The molecule has 0 saturated carbocycles. The van der Waals surface area contributed by atoms with E-state index >= 15 is 0 Å². The smallest absolute Gasteiger partial charge is 0.342 e. The number of nitrogens with one attached hydrogen (secondary N) is 2. The molecule has 3 rings (SSSR count). The van der Waals surface area contributed by atoms with E-state index in [4.69, 9.17) is 0 Å². The zero-order valence-electron chi connectivity index (χ0n) is 17.4. The molecule has 170 valence electrons. The third kappa shape index (κ3) is 6.60. The Bertz CT molecular complexity index is 813. The second-order valence-corrected chi connectivity index (χ2v) is 8.28. The number of anilines is 1. The highest BCUT2D eigenvalue weighted by Gasteiger charge is 2.42. The van der Waals surface area contributed by atoms with Crippen molar-refractivity contribution >= 4 is 23.5 Å². The molecule has 2 saturated heterocycles. The monoisotopic (exact) mass is 440 g/mol. The Morgan fingerprint density at radius 3 is 2.55 bits per heavy atom. The number of carbonyl (C=O) groups excluding carboxylic acids is 3. The molecule has 2 heterocycles. The number of nitrogens with zero attached hydrogens (tertiary/aromatic N) is 2. The van der Waals surface area contributed by atoms with Crippen LogP contribution in [0.15, 0.2) is 24.3 Å². The molecule has 2 aliphatic rings. The summed E-state index contributed by atoms with van der Waals surface area (Å²) in [5.74, 6) is -1.62. The SMILES string of the molecule is Cc1ccc(NC(=O)NCC2CCCN(C(=O)C3CC(=O)N(CC(F)(F)F)C3)C2)cc1. The van der Waals surface area contributed by atoms with Crippen molar-refractivity contribution in [1.82, 2.24) is 15.1 Å². The Morgan fingerprint density at radius 1 is 1.16 bits per heavy atom. The van der Waals surface area contributed by atoms with Crippen molar-refractivity contribution in [3.63, 3.8) is 0 Å². The van der Waals surface area contributed by atoms with Gasteiger partial charge in [-0.25, -0.2) is 4.79 Å². The molecule has 4 amide bonds. The van der Waals surface area contributed by atoms with Gasteiger partial charge in [0.05, 0.1) is 5.92 Å². The van der Waals surface area contributed by atoms with Crippen molar-refractivity contribution in [3.05, 3.63) is 29.8 Å². The normalized spacial score (nSPS) is 21.9. The lowest BCUT2D eigenvalue weighted by molar-refractivity contribution is -0.157. The standard InChI is InChI=1S/C21H27F3N4O3/c1-14-4-6-17(7-5-14)26-20(31)25-10-15-3-2-8-27(11-15)19(30)16-9-18(29)28(12-16)13-21(22,23)24/h4-7,15-16H,2-3,8-13H2,1H3,(H2,25,26,31). The van der Waals surface area contributed by atoms with Crippen molar-refractivity contribution in [3.8, 4) is 0 Å². The number of carbonyl (C=O) groups is 3. The predicted octanol–water partition coefficient (Wildman–Crippen LogP) is 2.77. The summed E-state index contributed by atoms with van der Waals surface area (Å²) in [6.45, 7) is 1.73. The van der Waals surface area contributed by atoms with Crippen molar-refractivity contribution < 1.29 is 27.6 Å². The number of hydrogen-bond donors (Lipinski definition) is 2. The molecule has 2 N–H and O–H groups in total. The summed E-state index contributed by atoms with van der Waals surface area (Å²) in [5, 5.41) is 5.56. The molecule has 1 aromatic carbocycles. The number of urea groups is 1. The fourth-order valence-corrected chi connectivity index (χ4v) is 4.05. The molecule has 0 aromatic heterocycles. The second kappa shape index (κ2) is 9.57. The lowest BCUT2D eigenvalue weighted by atomic mass is 9.96. The minimum Gasteiger partial charge on any atom is -0.342 e. The van der Waals surface area contributed by atoms with E-state index in [1.165, 1.54) is 0 Å². The zero-order chi connectivity index (χ0) is 22.6. The highest BCUT2D eigenvalue weighted by atomic mass is 19.4. The Labute approximate surface area is 178 Å². The van der Waals surface area contributed by atoms with Gasteiger partial charge in [-0.1, -0.05) is 17.7 Å². The van der Waals surface area contributed by atoms with Gasteiger partial charge in [0.1, 0.15) is 6.54 Å². The quantitative estimate of drug-likeness (QED) is 0.739. The van der Waals surface area contributed by atoms with Gasteiger partial charge < -0.3 is 20.4 Å². The van der Waals surface area contributed by atoms with E-state index in [0.29, 0.717) is 30.2 Å². The Balaban J connectivity index is 1.46. The number of benzene rings is 1. The fraction of sp³-hybridized carbons (Fsp3) is 0.571. The molecule has 2 fully saturated rings. The minimum absolute atomic E-state index is 0.0462. The van der Waals surface area contributed by atoms with Crippen LogP contribution >= 0.6 is 0 Å². The number of piperidine rings is 1. The Kier molecular flexibility index (Phi) is 7.07. The van der Waals surface area contributed by atoms with Gasteiger partial charge >= 0.3 is 12.2 Å². The number of alkyl halides is 3. The second-order valence-electron chi connectivity index (χ2n) is 8.28. The van der Waals surface area contributed by atoms with E-state index in [0.717, 1.165) is 18.4 Å². The first-order valence-electron chi connectivity index (χ1n) is 10.4. The summed E-state index contributed by atoms with van der Waals surface area (Å²) in [7, 11) is 0. The summed E-state index contributed by atoms with van der Waals surface area (Å²) in [4.78, 5) is 39.1. The van der Waals surface area contributed by atoms with Crippen molar-refractivity contribution in [2.24, 2.45) is 11.8 Å². The van der Waals surface area contributed by atoms with Crippen LogP contribution in [-0.4, -0.2) is 66.5 Å². The largest absolute Gasteiger partial charge is 0.406 e. The van der Waals surface area contributed by atoms with Crippen molar-refractivity contribution in [1.29, 1.82) is 0 Å². The number of halogens is 3. The molecule has 7 nitrogen and oxygen atoms in total. The molecule has 0 radical (unpaired) electrons. The van der Waals surface area contributed by atoms with E-state index in [1.54, 1.807) is 17.0 Å². The zero-order valence-corrected chi connectivity index (χ0v) is 17.4. The van der Waals surface area contributed by atoms with E-state index in [1.807, 2.05) is 19.1 Å². The van der Waals surface area contributed by atoms with Crippen molar-refractivity contribution in [2.75, 3.05) is 38.0 Å². The molecule has 2 unspecified atom stereocenters. The predicted molar refractivity (Wildman–Crippen MR) is 108 cm³/mol. The summed E-state index contributed by atoms with van der Waals surface area (Å²) >= 11 is 0. The first-order valence-corrected chi connectivity index (χ1v) is 10.4. The van der Waals surface area contributed by atoms with Crippen LogP contribution in [-0.2, 0) is 9.59 Å². The Hall–Kier alpha value is -2.78. The summed E-state index contributed by atoms with van der Waals surface area (Å²) in [6, 6.07) is 7.06. The molecule has 1 aromatic rings. The van der Waals surface area contributed by atoms with E-state index in [2.05, 4.69) is 10.6 Å². The van der Waals surface area contributed by atoms with Crippen LogP contribution < -0.4 is 10.6 Å². The van der Waals surface area contributed by atoms with Gasteiger partial charge in [0, 0.05) is 38.3 Å². The third-order valence-electron chi connectivity index (χ3n) is 5.63. The van der Waals surface area contributed by atoms with Gasteiger partial charge in [-0.2, -0.15) is 13.2 Å². The summed E-state index contributed by atoms with van der Waals surface area (Å²) < 4.78 is 37.8. The van der Waals surface area contributed by atoms with Gasteiger partial charge in [-0.15, -0.1) is 0 Å². The van der Waals surface area contributed by atoms with Gasteiger partial charge in [-0.05, 0) is 37.8 Å². The molecular formula is C21H27F3N4O3. The number of aryl methyl sites for hydroxylation is 1. The highest BCUT2D eigenvalue weighted by molar-refractivity contribution is 5.90. The van der Waals surface area contributed by atoms with Crippen LogP contribution in [0.5, 0.6) is 0 Å². The lowest BCUT2D eigenvalue weighted by Crippen LogP contribution is -2.46. The van der Waals surface area contributed by atoms with Crippen LogP contribution in [0.3, 0.4) is 0 Å². The number of rotatable bonds is 5. The molecule has 2 atom stereocenters. The average molecular weight is 440 g/mol. The molecule has 0 spiro atoms. The number of hydrogen-bond acceptors (Lipinski definition) is 3. The first kappa shape index (κ1) is 22.9. The highest BCUT2D eigenvalue weighted by Crippen LogP contribution is 2.26. The molecule has 0 aliphatic carbocycles. The molecule has 0 bridgehead atoms. The van der Waals surface area contributed by atoms with E-state index in [9.17, 15) is 27.6 Å². The van der Waals surface area contributed by atoms with Crippen LogP contribution in [0.1, 0.15) is 24.8 Å². The topological polar surface area (TPSA) is 81.8 Å². The van der Waals surface area contributed by atoms with Gasteiger partial charge in [0.25, 0.3) is 0 Å². The first-order chi connectivity index (χ1) is 14.6. The maximum absolute atomic E-state index is 12.8. The molecular weight excluding hydrogens is 413 g/mol. The summed E-state index contributed by atoms with van der Waals surface area (Å²) in [5.41, 5.74) is 1.77. The number of amides is 4. The maximum atomic E-state index is 12.8. The number of likely N-dealkylation sites (tertiary alicyclic amines) is 2. The van der Waals surface area contributed by atoms with Gasteiger partial charge in [0.15, 0.2) is 0 Å². The maximum Gasteiger partial charge on any atom is 0.406 e. The fourth-order valence-electron chi connectivity index (χ4n) is 4.05. The molecule has 10 heteroatoms. The van der Waals surface area contributed by atoms with E-state index in [-0.39, 0.29) is 30.8 Å². The third-order valence-corrected chi connectivity index (χ3v) is 5.63. The molecule has 2 aliphatic heterocycles. The van der Waals surface area contributed by atoms with E-state index < -0.39 is 24.5 Å². The van der Waals surface area contributed by atoms with Crippen LogP contribution in [0.4, 0.5) is 23.7 Å². The Morgan fingerprint density at radius 2 is 1.87 bits per heavy atom.